The molecule has 2 heterocycles. The van der Waals surface area contributed by atoms with Crippen LogP contribution in [0.2, 0.25) is 0 Å². The first-order chi connectivity index (χ1) is 15.4. The van der Waals surface area contributed by atoms with Gasteiger partial charge in [-0.15, -0.1) is 0 Å². The molecule has 0 spiro atoms. The van der Waals surface area contributed by atoms with Crippen molar-refractivity contribution in [1.29, 1.82) is 0 Å². The zero-order chi connectivity index (χ0) is 22.5. The summed E-state index contributed by atoms with van der Waals surface area (Å²) in [7, 11) is -3.90. The van der Waals surface area contributed by atoms with Crippen LogP contribution < -0.4 is 10.5 Å². The first-order valence-corrected chi connectivity index (χ1v) is 12.0. The Hall–Kier alpha value is -3.23. The monoisotopic (exact) mass is 448 g/mol. The molecule has 2 N–H and O–H groups in total. The van der Waals surface area contributed by atoms with E-state index >= 15 is 0 Å². The van der Waals surface area contributed by atoms with Crippen molar-refractivity contribution in [3.8, 4) is 17.3 Å². The molecule has 0 fully saturated rings. The molecule has 7 nitrogen and oxygen atoms in total. The molecule has 1 aliphatic carbocycles. The number of aromatic nitrogens is 3. The normalized spacial score (nSPS) is 15.8. The fourth-order valence-corrected chi connectivity index (χ4v) is 5.87. The van der Waals surface area contributed by atoms with Gasteiger partial charge >= 0.3 is 0 Å². The SMILES string of the molecule is CCOc1cncc(-c2cc3c4c(ccc3n2S(=O)(=O)c2ccc(C)cc2)C(N)CC4)n1. The van der Waals surface area contributed by atoms with Crippen molar-refractivity contribution in [2.24, 2.45) is 5.73 Å². The van der Waals surface area contributed by atoms with Crippen molar-refractivity contribution in [3.63, 3.8) is 0 Å². The molecule has 0 saturated heterocycles. The molecule has 1 unspecified atom stereocenters. The number of benzene rings is 2. The Labute approximate surface area is 186 Å². The van der Waals surface area contributed by atoms with Crippen LogP contribution in [0.4, 0.5) is 0 Å². The van der Waals surface area contributed by atoms with E-state index < -0.39 is 10.0 Å². The maximum atomic E-state index is 13.8. The third-order valence-electron chi connectivity index (χ3n) is 5.92. The lowest BCUT2D eigenvalue weighted by molar-refractivity contribution is 0.325. The number of rotatable bonds is 5. The molecule has 1 atom stereocenters. The van der Waals surface area contributed by atoms with Crippen molar-refractivity contribution in [1.82, 2.24) is 13.9 Å². The van der Waals surface area contributed by atoms with Gasteiger partial charge in [-0.1, -0.05) is 23.8 Å². The number of hydrogen-bond acceptors (Lipinski definition) is 6. The summed E-state index contributed by atoms with van der Waals surface area (Å²) in [5.41, 5.74) is 10.9. The highest BCUT2D eigenvalue weighted by Gasteiger charge is 2.29. The second kappa shape index (κ2) is 7.72. The minimum atomic E-state index is -3.90. The maximum absolute atomic E-state index is 13.8. The van der Waals surface area contributed by atoms with Gasteiger partial charge in [-0.2, -0.15) is 0 Å². The van der Waals surface area contributed by atoms with Gasteiger partial charge in [0.25, 0.3) is 10.0 Å². The van der Waals surface area contributed by atoms with Crippen molar-refractivity contribution in [2.75, 3.05) is 6.61 Å². The van der Waals surface area contributed by atoms with Gasteiger partial charge in [-0.25, -0.2) is 17.4 Å². The highest BCUT2D eigenvalue weighted by Crippen LogP contribution is 2.39. The van der Waals surface area contributed by atoms with Crippen molar-refractivity contribution < 1.29 is 13.2 Å². The van der Waals surface area contributed by atoms with E-state index in [0.717, 1.165) is 34.9 Å². The van der Waals surface area contributed by atoms with Crippen molar-refractivity contribution >= 4 is 20.9 Å². The molecule has 5 rings (SSSR count). The Morgan fingerprint density at radius 3 is 2.69 bits per heavy atom. The van der Waals surface area contributed by atoms with E-state index in [-0.39, 0.29) is 10.9 Å². The standard InChI is InChI=1S/C24H24N4O3S/c1-3-31-24-14-26-13-21(27-24)23-12-19-17-8-10-20(25)18(17)9-11-22(19)28(23)32(29,30)16-6-4-15(2)5-7-16/h4-7,9,11-14,20H,3,8,10,25H2,1-2H3. The Balaban J connectivity index is 1.81. The smallest absolute Gasteiger partial charge is 0.268 e. The fraction of sp³-hybridized carbons (Fsp3) is 0.250. The van der Waals surface area contributed by atoms with Gasteiger partial charge in [-0.3, -0.25) is 4.98 Å². The molecule has 0 saturated carbocycles. The third-order valence-corrected chi connectivity index (χ3v) is 7.66. The predicted octanol–water partition coefficient (Wildman–Crippen LogP) is 3.99. The van der Waals surface area contributed by atoms with Crippen LogP contribution in [0.3, 0.4) is 0 Å². The molecule has 4 aromatic rings. The molecule has 8 heteroatoms. The third kappa shape index (κ3) is 3.27. The van der Waals surface area contributed by atoms with Crippen LogP contribution in [0.1, 0.15) is 36.1 Å². The lowest BCUT2D eigenvalue weighted by Crippen LogP contribution is -2.14. The fourth-order valence-electron chi connectivity index (χ4n) is 4.36. The zero-order valence-corrected chi connectivity index (χ0v) is 18.8. The summed E-state index contributed by atoms with van der Waals surface area (Å²) < 4.78 is 34.6. The summed E-state index contributed by atoms with van der Waals surface area (Å²) in [6, 6.07) is 12.5. The van der Waals surface area contributed by atoms with Crippen LogP contribution >= 0.6 is 0 Å². The second-order valence-electron chi connectivity index (χ2n) is 8.00. The Morgan fingerprint density at radius 2 is 1.94 bits per heavy atom. The number of hydrogen-bond donors (Lipinski definition) is 1. The van der Waals surface area contributed by atoms with Gasteiger partial charge in [0.2, 0.25) is 5.88 Å². The van der Waals surface area contributed by atoms with Gasteiger partial charge in [-0.05, 0) is 62.1 Å². The second-order valence-corrected chi connectivity index (χ2v) is 9.79. The number of nitrogens with zero attached hydrogens (tertiary/aromatic N) is 3. The Morgan fingerprint density at radius 1 is 1.16 bits per heavy atom. The van der Waals surface area contributed by atoms with E-state index in [9.17, 15) is 8.42 Å². The summed E-state index contributed by atoms with van der Waals surface area (Å²) >= 11 is 0. The summed E-state index contributed by atoms with van der Waals surface area (Å²) in [6.07, 6.45) is 4.74. The lowest BCUT2D eigenvalue weighted by atomic mass is 10.0. The minimum Gasteiger partial charge on any atom is -0.477 e. The summed E-state index contributed by atoms with van der Waals surface area (Å²) in [5.74, 6) is 0.349. The van der Waals surface area contributed by atoms with Gasteiger partial charge < -0.3 is 10.5 Å². The molecule has 2 aromatic carbocycles. The van der Waals surface area contributed by atoms with Gasteiger partial charge in [0.05, 0.1) is 35.1 Å². The molecule has 0 bridgehead atoms. The summed E-state index contributed by atoms with van der Waals surface area (Å²) in [4.78, 5) is 8.97. The van der Waals surface area contributed by atoms with E-state index in [1.807, 2.05) is 32.0 Å². The zero-order valence-electron chi connectivity index (χ0n) is 17.9. The van der Waals surface area contributed by atoms with Gasteiger partial charge in [0, 0.05) is 11.4 Å². The average molecular weight is 449 g/mol. The van der Waals surface area contributed by atoms with Gasteiger partial charge in [0.1, 0.15) is 5.69 Å². The molecule has 0 amide bonds. The number of nitrogens with two attached hydrogens (primary N) is 1. The molecule has 0 aliphatic heterocycles. The van der Waals surface area contributed by atoms with E-state index in [1.165, 1.54) is 10.2 Å². The maximum Gasteiger partial charge on any atom is 0.268 e. The quantitative estimate of drug-likeness (QED) is 0.496. The molecular weight excluding hydrogens is 424 g/mol. The molecule has 32 heavy (non-hydrogen) atoms. The van der Waals surface area contributed by atoms with Crippen LogP contribution in [0.15, 0.2) is 59.8 Å². The van der Waals surface area contributed by atoms with Gasteiger partial charge in [0.15, 0.2) is 0 Å². The summed E-state index contributed by atoms with van der Waals surface area (Å²) in [6.45, 7) is 4.22. The molecular formula is C24H24N4O3S. The Bertz CT molecular complexity index is 1430. The number of ether oxygens (including phenoxy) is 1. The Kier molecular flexibility index (Phi) is 4.98. The molecule has 2 aromatic heterocycles. The molecule has 0 radical (unpaired) electrons. The number of aryl methyl sites for hydroxylation is 2. The number of fused-ring (bicyclic) bond motifs is 3. The first-order valence-electron chi connectivity index (χ1n) is 10.6. The molecule has 1 aliphatic rings. The van der Waals surface area contributed by atoms with Crippen molar-refractivity contribution in [2.45, 2.75) is 37.6 Å². The highest BCUT2D eigenvalue weighted by atomic mass is 32.2. The first kappa shape index (κ1) is 20.7. The predicted molar refractivity (Wildman–Crippen MR) is 123 cm³/mol. The highest BCUT2D eigenvalue weighted by molar-refractivity contribution is 7.90. The topological polar surface area (TPSA) is 100 Å². The van der Waals surface area contributed by atoms with E-state index in [1.54, 1.807) is 30.5 Å². The molecule has 164 valence electrons. The van der Waals surface area contributed by atoms with Crippen LogP contribution in [0, 0.1) is 6.92 Å². The average Bonchev–Trinajstić information content (AvgIpc) is 3.36. The van der Waals surface area contributed by atoms with E-state index in [4.69, 9.17) is 10.5 Å². The van der Waals surface area contributed by atoms with Crippen LogP contribution in [0.25, 0.3) is 22.3 Å². The minimum absolute atomic E-state index is 0.0315. The van der Waals surface area contributed by atoms with Crippen LogP contribution in [-0.2, 0) is 16.4 Å². The lowest BCUT2D eigenvalue weighted by Gasteiger charge is -2.13. The van der Waals surface area contributed by atoms with E-state index in [0.29, 0.717) is 29.4 Å². The van der Waals surface area contributed by atoms with Crippen molar-refractivity contribution in [3.05, 3.63) is 71.5 Å². The van der Waals surface area contributed by atoms with Crippen LogP contribution in [0.5, 0.6) is 5.88 Å². The van der Waals surface area contributed by atoms with Crippen LogP contribution in [-0.4, -0.2) is 29.0 Å². The summed E-state index contributed by atoms with van der Waals surface area (Å²) in [5, 5.41) is 0.879. The van der Waals surface area contributed by atoms with E-state index in [2.05, 4.69) is 9.97 Å². The largest absolute Gasteiger partial charge is 0.477 e.